The molecule has 1 aliphatic heterocycles. The minimum atomic E-state index is -3.52. The fourth-order valence-corrected chi connectivity index (χ4v) is 4.60. The van der Waals surface area contributed by atoms with Gasteiger partial charge in [0.2, 0.25) is 10.0 Å². The van der Waals surface area contributed by atoms with Gasteiger partial charge >= 0.3 is 5.97 Å². The minimum Gasteiger partial charge on any atom is -0.425 e. The Morgan fingerprint density at radius 1 is 1.07 bits per heavy atom. The van der Waals surface area contributed by atoms with Gasteiger partial charge in [0.25, 0.3) is 0 Å². The molecule has 0 spiro atoms. The minimum absolute atomic E-state index is 0.133. The zero-order valence-electron chi connectivity index (χ0n) is 14.9. The number of nitrogens with zero attached hydrogens (tertiary/aromatic N) is 1. The fourth-order valence-electron chi connectivity index (χ4n) is 2.74. The summed E-state index contributed by atoms with van der Waals surface area (Å²) in [5.74, 6) is -0.183. The van der Waals surface area contributed by atoms with Crippen molar-refractivity contribution < 1.29 is 22.7 Å². The highest BCUT2D eigenvalue weighted by molar-refractivity contribution is 7.89. The van der Waals surface area contributed by atoms with Crippen LogP contribution >= 0.6 is 23.2 Å². The third kappa shape index (κ3) is 5.24. The Morgan fingerprint density at radius 2 is 1.75 bits per heavy atom. The summed E-state index contributed by atoms with van der Waals surface area (Å²) in [7, 11) is -3.52. The van der Waals surface area contributed by atoms with Crippen LogP contribution in [0.3, 0.4) is 0 Å². The SMILES string of the molecule is O=C(CCc1ccc(S(=O)(=O)N2CCOCC2)cc1)Oc1ccc(Cl)cc1Cl. The van der Waals surface area contributed by atoms with E-state index < -0.39 is 16.0 Å². The van der Waals surface area contributed by atoms with Gasteiger partial charge < -0.3 is 9.47 Å². The highest BCUT2D eigenvalue weighted by Crippen LogP contribution is 2.28. The van der Waals surface area contributed by atoms with E-state index in [1.165, 1.54) is 16.4 Å². The normalized spacial score (nSPS) is 15.4. The number of hydrogen-bond donors (Lipinski definition) is 0. The first-order valence-electron chi connectivity index (χ1n) is 8.69. The number of halogens is 2. The smallest absolute Gasteiger partial charge is 0.311 e. The van der Waals surface area contributed by atoms with Crippen molar-refractivity contribution >= 4 is 39.2 Å². The lowest BCUT2D eigenvalue weighted by Crippen LogP contribution is -2.40. The van der Waals surface area contributed by atoms with Gasteiger partial charge in [-0.1, -0.05) is 35.3 Å². The van der Waals surface area contributed by atoms with Crippen LogP contribution in [0.5, 0.6) is 5.75 Å². The summed E-state index contributed by atoms with van der Waals surface area (Å²) in [6.07, 6.45) is 0.552. The lowest BCUT2D eigenvalue weighted by Gasteiger charge is -2.26. The highest BCUT2D eigenvalue weighted by atomic mass is 35.5. The molecule has 0 N–H and O–H groups in total. The van der Waals surface area contributed by atoms with Crippen molar-refractivity contribution in [1.82, 2.24) is 4.31 Å². The molecule has 0 radical (unpaired) electrons. The molecule has 0 bridgehead atoms. The van der Waals surface area contributed by atoms with Gasteiger partial charge in [0, 0.05) is 24.5 Å². The van der Waals surface area contributed by atoms with Gasteiger partial charge in [-0.3, -0.25) is 4.79 Å². The van der Waals surface area contributed by atoms with E-state index in [0.717, 1.165) is 5.56 Å². The summed E-state index contributed by atoms with van der Waals surface area (Å²) < 4.78 is 37.0. The third-order valence-electron chi connectivity index (χ3n) is 4.27. The van der Waals surface area contributed by atoms with E-state index in [-0.39, 0.29) is 22.1 Å². The largest absolute Gasteiger partial charge is 0.425 e. The second-order valence-electron chi connectivity index (χ2n) is 6.21. The molecule has 28 heavy (non-hydrogen) atoms. The monoisotopic (exact) mass is 443 g/mol. The standard InChI is InChI=1S/C19H19Cl2NO5S/c20-15-4-7-18(17(21)13-15)27-19(23)8-3-14-1-5-16(6-2-14)28(24,25)22-9-11-26-12-10-22/h1-2,4-7,13H,3,8-12H2. The molecular formula is C19H19Cl2NO5S. The maximum absolute atomic E-state index is 12.6. The summed E-state index contributed by atoms with van der Waals surface area (Å²) >= 11 is 11.8. The second-order valence-corrected chi connectivity index (χ2v) is 8.99. The molecule has 1 aliphatic rings. The summed E-state index contributed by atoms with van der Waals surface area (Å²) in [6.45, 7) is 1.50. The van der Waals surface area contributed by atoms with E-state index in [9.17, 15) is 13.2 Å². The van der Waals surface area contributed by atoms with Gasteiger partial charge in [-0.2, -0.15) is 4.31 Å². The number of ether oxygens (including phenoxy) is 2. The maximum Gasteiger partial charge on any atom is 0.311 e. The molecule has 2 aromatic rings. The van der Waals surface area contributed by atoms with Gasteiger partial charge in [-0.15, -0.1) is 0 Å². The molecule has 6 nitrogen and oxygen atoms in total. The number of morpholine rings is 1. The molecule has 1 saturated heterocycles. The Hall–Kier alpha value is -1.64. The number of carbonyl (C=O) groups excluding carboxylic acids is 1. The first kappa shape index (κ1) is 21.1. The van der Waals surface area contributed by atoms with E-state index in [2.05, 4.69) is 0 Å². The Labute approximate surface area is 174 Å². The van der Waals surface area contributed by atoms with Gasteiger partial charge in [-0.05, 0) is 42.3 Å². The molecule has 0 aliphatic carbocycles. The zero-order chi connectivity index (χ0) is 20.1. The first-order chi connectivity index (χ1) is 13.4. The van der Waals surface area contributed by atoms with Crippen molar-refractivity contribution in [3.05, 3.63) is 58.1 Å². The molecule has 3 rings (SSSR count). The average Bonchev–Trinajstić information content (AvgIpc) is 2.69. The van der Waals surface area contributed by atoms with Crippen LogP contribution in [0, 0.1) is 0 Å². The lowest BCUT2D eigenvalue weighted by atomic mass is 10.1. The number of aryl methyl sites for hydroxylation is 1. The molecule has 0 amide bonds. The molecule has 0 aromatic heterocycles. The Morgan fingerprint density at radius 3 is 2.39 bits per heavy atom. The van der Waals surface area contributed by atoms with Crippen LogP contribution in [0.4, 0.5) is 0 Å². The van der Waals surface area contributed by atoms with Gasteiger partial charge in [-0.25, -0.2) is 8.42 Å². The molecule has 1 fully saturated rings. The fraction of sp³-hybridized carbons (Fsp3) is 0.316. The second kappa shape index (κ2) is 9.24. The summed E-state index contributed by atoms with van der Waals surface area (Å²) in [4.78, 5) is 12.3. The zero-order valence-corrected chi connectivity index (χ0v) is 17.3. The van der Waals surface area contributed by atoms with Crippen molar-refractivity contribution in [3.8, 4) is 5.75 Å². The van der Waals surface area contributed by atoms with Crippen LogP contribution in [0.1, 0.15) is 12.0 Å². The Bertz CT molecular complexity index is 941. The van der Waals surface area contributed by atoms with E-state index in [0.29, 0.717) is 37.7 Å². The number of hydrogen-bond acceptors (Lipinski definition) is 5. The number of esters is 1. The quantitative estimate of drug-likeness (QED) is 0.504. The maximum atomic E-state index is 12.6. The molecule has 1 heterocycles. The van der Waals surface area contributed by atoms with Crippen LogP contribution < -0.4 is 4.74 Å². The van der Waals surface area contributed by atoms with E-state index in [4.69, 9.17) is 32.7 Å². The molecule has 150 valence electrons. The van der Waals surface area contributed by atoms with Crippen molar-refractivity contribution in [3.63, 3.8) is 0 Å². The predicted molar refractivity (Wildman–Crippen MR) is 106 cm³/mol. The summed E-state index contributed by atoms with van der Waals surface area (Å²) in [5, 5.41) is 0.718. The highest BCUT2D eigenvalue weighted by Gasteiger charge is 2.26. The topological polar surface area (TPSA) is 72.9 Å². The van der Waals surface area contributed by atoms with Crippen molar-refractivity contribution in [2.45, 2.75) is 17.7 Å². The van der Waals surface area contributed by atoms with Crippen LogP contribution in [0.25, 0.3) is 0 Å². The van der Waals surface area contributed by atoms with Crippen LogP contribution in [0.15, 0.2) is 47.4 Å². The first-order valence-corrected chi connectivity index (χ1v) is 10.9. The molecule has 0 unspecified atom stereocenters. The number of rotatable bonds is 6. The molecule has 2 aromatic carbocycles. The summed E-state index contributed by atoms with van der Waals surface area (Å²) in [6, 6.07) is 11.1. The number of sulfonamides is 1. The third-order valence-corrected chi connectivity index (χ3v) is 6.71. The van der Waals surface area contributed by atoms with E-state index in [1.54, 1.807) is 30.3 Å². The average molecular weight is 444 g/mol. The van der Waals surface area contributed by atoms with Crippen molar-refractivity contribution in [2.75, 3.05) is 26.3 Å². The van der Waals surface area contributed by atoms with E-state index in [1.807, 2.05) is 0 Å². The van der Waals surface area contributed by atoms with Gasteiger partial charge in [0.05, 0.1) is 23.1 Å². The molecule has 0 saturated carbocycles. The summed E-state index contributed by atoms with van der Waals surface area (Å²) in [5.41, 5.74) is 0.833. The van der Waals surface area contributed by atoms with Crippen molar-refractivity contribution in [2.24, 2.45) is 0 Å². The van der Waals surface area contributed by atoms with E-state index >= 15 is 0 Å². The molecular weight excluding hydrogens is 425 g/mol. The number of carbonyl (C=O) groups is 1. The molecule has 9 heteroatoms. The Balaban J connectivity index is 1.57. The van der Waals surface area contributed by atoms with Crippen molar-refractivity contribution in [1.29, 1.82) is 0 Å². The van der Waals surface area contributed by atoms with Crippen LogP contribution in [0.2, 0.25) is 10.0 Å². The van der Waals surface area contributed by atoms with Gasteiger partial charge in [0.1, 0.15) is 5.75 Å². The lowest BCUT2D eigenvalue weighted by molar-refractivity contribution is -0.134. The van der Waals surface area contributed by atoms with Crippen LogP contribution in [-0.4, -0.2) is 45.0 Å². The number of benzene rings is 2. The van der Waals surface area contributed by atoms with Crippen LogP contribution in [-0.2, 0) is 26.0 Å². The Kier molecular flexibility index (Phi) is 6.95. The molecule has 0 atom stereocenters. The predicted octanol–water partition coefficient (Wildman–Crippen LogP) is 3.55. The van der Waals surface area contributed by atoms with Gasteiger partial charge in [0.15, 0.2) is 0 Å².